The predicted octanol–water partition coefficient (Wildman–Crippen LogP) is 2.70. The minimum absolute atomic E-state index is 0.0765. The van der Waals surface area contributed by atoms with Crippen molar-refractivity contribution in [1.82, 2.24) is 10.6 Å². The molecule has 4 fully saturated rings. The van der Waals surface area contributed by atoms with E-state index in [0.29, 0.717) is 0 Å². The van der Waals surface area contributed by atoms with Crippen LogP contribution in [0, 0.1) is 11.8 Å². The van der Waals surface area contributed by atoms with Crippen molar-refractivity contribution in [1.29, 1.82) is 0 Å². The number of carbonyl (C=O) groups is 3. The molecule has 15 heteroatoms. The van der Waals surface area contributed by atoms with Crippen LogP contribution in [0.2, 0.25) is 0 Å². The number of carbonyl (C=O) groups excluding carboxylic acids is 3. The Kier molecular flexibility index (Phi) is 12.2. The molecule has 0 bridgehead atoms. The maximum absolute atomic E-state index is 14.6. The average molecular weight is 699 g/mol. The summed E-state index contributed by atoms with van der Waals surface area (Å²) in [6, 6.07) is -2.07. The molecule has 12 atom stereocenters. The van der Waals surface area contributed by atoms with Crippen LogP contribution in [0.15, 0.2) is 25.3 Å². The van der Waals surface area contributed by atoms with Gasteiger partial charge in [-0.3, -0.25) is 9.59 Å². The Morgan fingerprint density at radius 2 is 1.20 bits per heavy atom. The number of esters is 1. The van der Waals surface area contributed by atoms with Gasteiger partial charge >= 0.3 is 12.1 Å². The van der Waals surface area contributed by atoms with Crippen molar-refractivity contribution in [2.45, 2.75) is 140 Å². The van der Waals surface area contributed by atoms with Crippen LogP contribution in [0.4, 0.5) is 4.79 Å². The molecule has 0 aromatic carbocycles. The van der Waals surface area contributed by atoms with E-state index < -0.39 is 108 Å². The lowest BCUT2D eigenvalue weighted by Gasteiger charge is -2.38. The Morgan fingerprint density at radius 3 is 1.61 bits per heavy atom. The third-order valence-electron chi connectivity index (χ3n) is 8.85. The zero-order chi connectivity index (χ0) is 36.5. The summed E-state index contributed by atoms with van der Waals surface area (Å²) in [7, 11) is 4.24. The fourth-order valence-electron chi connectivity index (χ4n) is 6.98. The normalized spacial score (nSPS) is 33.8. The Labute approximate surface area is 288 Å². The van der Waals surface area contributed by atoms with Crippen LogP contribution in [-0.2, 0) is 57.0 Å². The molecular formula is C34H54N2O13. The molecule has 4 heterocycles. The summed E-state index contributed by atoms with van der Waals surface area (Å²) in [5.74, 6) is -5.01. The second-order valence-electron chi connectivity index (χ2n) is 14.5. The van der Waals surface area contributed by atoms with E-state index in [1.54, 1.807) is 60.6 Å². The van der Waals surface area contributed by atoms with Gasteiger partial charge in [0.1, 0.15) is 42.2 Å². The Balaban J connectivity index is 1.71. The summed E-state index contributed by atoms with van der Waals surface area (Å²) in [5.41, 5.74) is -0.843. The molecule has 15 nitrogen and oxygen atoms in total. The fourth-order valence-corrected chi connectivity index (χ4v) is 6.98. The minimum Gasteiger partial charge on any atom is -0.469 e. The highest BCUT2D eigenvalue weighted by Gasteiger charge is 2.60. The van der Waals surface area contributed by atoms with E-state index in [1.165, 1.54) is 21.3 Å². The number of nitrogens with one attached hydrogen (secondary N) is 2. The minimum atomic E-state index is -1.05. The molecule has 2 amide bonds. The maximum Gasteiger partial charge on any atom is 0.407 e. The fraction of sp³-hybridized carbons (Fsp3) is 0.794. The Hall–Kier alpha value is -2.63. The lowest BCUT2D eigenvalue weighted by atomic mass is 9.85. The van der Waals surface area contributed by atoms with Gasteiger partial charge in [0, 0.05) is 14.2 Å². The third-order valence-corrected chi connectivity index (χ3v) is 8.85. The van der Waals surface area contributed by atoms with Crippen LogP contribution < -0.4 is 10.6 Å². The van der Waals surface area contributed by atoms with Crippen molar-refractivity contribution >= 4 is 18.0 Å². The van der Waals surface area contributed by atoms with Crippen molar-refractivity contribution in [3.05, 3.63) is 25.3 Å². The second-order valence-corrected chi connectivity index (χ2v) is 14.5. The van der Waals surface area contributed by atoms with E-state index in [-0.39, 0.29) is 12.8 Å². The topological polar surface area (TPSA) is 168 Å². The average Bonchev–Trinajstić information content (AvgIpc) is 3.68. The first-order chi connectivity index (χ1) is 22.9. The highest BCUT2D eigenvalue weighted by atomic mass is 16.9. The Bertz CT molecular complexity index is 1220. The molecule has 0 aromatic heterocycles. The van der Waals surface area contributed by atoms with Crippen LogP contribution in [0.1, 0.15) is 61.3 Å². The number of rotatable bonds is 14. The summed E-state index contributed by atoms with van der Waals surface area (Å²) >= 11 is 0. The second kappa shape index (κ2) is 15.3. The maximum atomic E-state index is 14.6. The van der Waals surface area contributed by atoms with E-state index in [9.17, 15) is 14.4 Å². The molecule has 0 unspecified atom stereocenters. The van der Waals surface area contributed by atoms with Gasteiger partial charge in [-0.2, -0.15) is 0 Å². The molecule has 4 rings (SSSR count). The zero-order valence-electron chi connectivity index (χ0n) is 30.2. The predicted molar refractivity (Wildman–Crippen MR) is 173 cm³/mol. The molecule has 4 aliphatic rings. The van der Waals surface area contributed by atoms with Gasteiger partial charge in [0.05, 0.1) is 31.0 Å². The van der Waals surface area contributed by atoms with Gasteiger partial charge in [-0.1, -0.05) is 12.2 Å². The number of fused-ring (bicyclic) bond motifs is 2. The third kappa shape index (κ3) is 8.82. The monoisotopic (exact) mass is 698 g/mol. The quantitative estimate of drug-likeness (QED) is 0.201. The molecule has 0 aliphatic carbocycles. The highest BCUT2D eigenvalue weighted by Crippen LogP contribution is 2.42. The molecule has 0 spiro atoms. The first-order valence-corrected chi connectivity index (χ1v) is 16.6. The van der Waals surface area contributed by atoms with Crippen LogP contribution in [0.25, 0.3) is 0 Å². The number of alkyl carbamates (subject to hydrolysis) is 1. The number of hydrogen-bond donors (Lipinski definition) is 2. The number of allylic oxidation sites excluding steroid dienone is 2. The van der Waals surface area contributed by atoms with Crippen LogP contribution >= 0.6 is 0 Å². The molecule has 0 aromatic rings. The van der Waals surface area contributed by atoms with Crippen molar-refractivity contribution in [2.24, 2.45) is 11.8 Å². The molecule has 2 N–H and O–H groups in total. The lowest BCUT2D eigenvalue weighted by molar-refractivity contribution is -0.222. The summed E-state index contributed by atoms with van der Waals surface area (Å²) in [6.07, 6.45) is -3.75. The van der Waals surface area contributed by atoms with Crippen LogP contribution in [0.3, 0.4) is 0 Å². The van der Waals surface area contributed by atoms with Gasteiger partial charge in [0.15, 0.2) is 24.2 Å². The van der Waals surface area contributed by atoms with Crippen LogP contribution in [0.5, 0.6) is 0 Å². The molecule has 0 radical (unpaired) electrons. The summed E-state index contributed by atoms with van der Waals surface area (Å²) in [4.78, 5) is 41.2. The first-order valence-electron chi connectivity index (χ1n) is 16.6. The number of ether oxygens (including phenoxy) is 10. The molecule has 4 aliphatic heterocycles. The van der Waals surface area contributed by atoms with Crippen molar-refractivity contribution < 1.29 is 61.8 Å². The van der Waals surface area contributed by atoms with Crippen molar-refractivity contribution in [3.8, 4) is 0 Å². The molecule has 278 valence electrons. The van der Waals surface area contributed by atoms with E-state index in [4.69, 9.17) is 47.4 Å². The van der Waals surface area contributed by atoms with E-state index in [2.05, 4.69) is 23.8 Å². The summed E-state index contributed by atoms with van der Waals surface area (Å²) in [5, 5.41) is 5.90. The summed E-state index contributed by atoms with van der Waals surface area (Å²) < 4.78 is 59.2. The van der Waals surface area contributed by atoms with Gasteiger partial charge in [0.2, 0.25) is 5.91 Å². The smallest absolute Gasteiger partial charge is 0.407 e. The summed E-state index contributed by atoms with van der Waals surface area (Å²) in [6.45, 7) is 19.9. The van der Waals surface area contributed by atoms with Gasteiger partial charge in [-0.05, 0) is 61.3 Å². The molecule has 0 saturated carbocycles. The number of amides is 2. The number of hydrogen-bond acceptors (Lipinski definition) is 13. The molecule has 49 heavy (non-hydrogen) atoms. The van der Waals surface area contributed by atoms with Gasteiger partial charge < -0.3 is 58.0 Å². The lowest BCUT2D eigenvalue weighted by Crippen LogP contribution is -2.61. The van der Waals surface area contributed by atoms with Gasteiger partial charge in [-0.25, -0.2) is 4.79 Å². The van der Waals surface area contributed by atoms with E-state index in [0.717, 1.165) is 0 Å². The molecular weight excluding hydrogens is 644 g/mol. The van der Waals surface area contributed by atoms with Crippen molar-refractivity contribution in [2.75, 3.05) is 21.3 Å². The SMILES string of the molecule is C=CC[C@H](C(=O)N[C@H]([C@@H]1O[C@@H]2OC(C)(C)O[C@@H]2[C@H]1OC)[C@H](CC=C)C(=O)OC)[C@H](NC(=O)OC(C)(C)C)[C@@H]1O[C@@H]2OC(C)(C)O[C@@H]2[C@H]1OC. The van der Waals surface area contributed by atoms with E-state index >= 15 is 0 Å². The number of methoxy groups -OCH3 is 3. The van der Waals surface area contributed by atoms with Gasteiger partial charge in [0.25, 0.3) is 0 Å². The Morgan fingerprint density at radius 1 is 0.755 bits per heavy atom. The standard InChI is InChI=1S/C34H54N2O13/c1-13-15-17(19(36-31(39)49-32(3,4)5)21-23(40-10)25-29(43-21)47-33(6,7)45-25)27(37)35-20(18(16-14-2)28(38)42-12)22-24(41-11)26-30(44-22)48-34(8,9)46-26/h13-14,17-26,29-30H,1-2,15-16H2,3-12H3,(H,35,37)(H,36,39)/t17-,18-,19-,20-,21-,22-,23-,24-,25+,26+,29+,30+/m0/s1. The highest BCUT2D eigenvalue weighted by molar-refractivity contribution is 5.82. The largest absolute Gasteiger partial charge is 0.469 e. The zero-order valence-corrected chi connectivity index (χ0v) is 30.2. The van der Waals surface area contributed by atoms with Crippen LogP contribution in [-0.4, -0.2) is 118 Å². The first kappa shape index (κ1) is 39.2. The van der Waals surface area contributed by atoms with Gasteiger partial charge in [-0.15, -0.1) is 13.2 Å². The molecule has 4 saturated heterocycles. The van der Waals surface area contributed by atoms with E-state index in [1.807, 2.05) is 0 Å². The van der Waals surface area contributed by atoms with Crippen molar-refractivity contribution in [3.63, 3.8) is 0 Å².